The molecule has 0 spiro atoms. The van der Waals surface area contributed by atoms with E-state index >= 15 is 0 Å². The highest BCUT2D eigenvalue weighted by Gasteiger charge is 2.33. The van der Waals surface area contributed by atoms with Gasteiger partial charge >= 0.3 is 6.18 Å². The highest BCUT2D eigenvalue weighted by Crippen LogP contribution is 2.34. The van der Waals surface area contributed by atoms with Crippen LogP contribution in [0.4, 0.5) is 23.2 Å². The van der Waals surface area contributed by atoms with Crippen LogP contribution in [0.5, 0.6) is 0 Å². The average molecular weight is 195 g/mol. The second kappa shape index (κ2) is 3.21. The first kappa shape index (κ1) is 9.79. The molecule has 0 heterocycles. The number of alkyl halides is 3. The second-order valence-corrected chi connectivity index (χ2v) is 2.30. The van der Waals surface area contributed by atoms with Crippen molar-refractivity contribution in [2.45, 2.75) is 6.18 Å². The van der Waals surface area contributed by atoms with Gasteiger partial charge in [0.25, 0.3) is 0 Å². The third-order valence-corrected chi connectivity index (χ3v) is 1.41. The molecule has 0 aromatic heterocycles. The summed E-state index contributed by atoms with van der Waals surface area (Å²) >= 11 is 0. The summed E-state index contributed by atoms with van der Waals surface area (Å²) in [4.78, 5) is 0. The third-order valence-electron chi connectivity index (χ3n) is 1.41. The summed E-state index contributed by atoms with van der Waals surface area (Å²) in [7, 11) is 0. The monoisotopic (exact) mass is 195 g/mol. The maximum Gasteiger partial charge on any atom is 0.418 e. The lowest BCUT2D eigenvalue weighted by Crippen LogP contribution is -2.09. The molecule has 0 unspecified atom stereocenters. The predicted octanol–water partition coefficient (Wildman–Crippen LogP) is 2.65. The molecule has 0 atom stereocenters. The van der Waals surface area contributed by atoms with E-state index in [1.165, 1.54) is 5.48 Å². The molecule has 1 rings (SSSR count). The zero-order chi connectivity index (χ0) is 10.1. The molecular weight excluding hydrogens is 190 g/mol. The molecule has 0 saturated carbocycles. The minimum absolute atomic E-state index is 0.304. The molecule has 13 heavy (non-hydrogen) atoms. The summed E-state index contributed by atoms with van der Waals surface area (Å²) < 4.78 is 48.7. The molecule has 2 nitrogen and oxygen atoms in total. The number of nitrogens with one attached hydrogen (secondary N) is 1. The number of rotatable bonds is 1. The summed E-state index contributed by atoms with van der Waals surface area (Å²) in [5, 5.41) is 8.30. The van der Waals surface area contributed by atoms with E-state index < -0.39 is 23.2 Å². The standard InChI is InChI=1S/C7H5F4NO/c8-4-1-2-6(12-13)5(3-4)7(9,10)11/h1-3,12-13H. The Labute approximate surface area is 70.8 Å². The summed E-state index contributed by atoms with van der Waals surface area (Å²) in [6, 6.07) is 1.92. The van der Waals surface area contributed by atoms with Gasteiger partial charge in [0.15, 0.2) is 0 Å². The molecule has 0 bridgehead atoms. The van der Waals surface area contributed by atoms with Crippen LogP contribution >= 0.6 is 0 Å². The SMILES string of the molecule is ONc1ccc(F)cc1C(F)(F)F. The Bertz CT molecular complexity index is 310. The lowest BCUT2D eigenvalue weighted by Gasteiger charge is -2.10. The van der Waals surface area contributed by atoms with E-state index in [1.54, 1.807) is 0 Å². The van der Waals surface area contributed by atoms with E-state index in [-0.39, 0.29) is 0 Å². The van der Waals surface area contributed by atoms with Gasteiger partial charge in [0.1, 0.15) is 5.82 Å². The van der Waals surface area contributed by atoms with Gasteiger partial charge in [0.05, 0.1) is 11.3 Å². The van der Waals surface area contributed by atoms with Crippen LogP contribution in [-0.2, 0) is 6.18 Å². The van der Waals surface area contributed by atoms with Crippen molar-refractivity contribution in [1.82, 2.24) is 0 Å². The summed E-state index contributed by atoms with van der Waals surface area (Å²) in [6.45, 7) is 0. The molecule has 0 radical (unpaired) electrons. The van der Waals surface area contributed by atoms with Crippen LogP contribution in [0.15, 0.2) is 18.2 Å². The van der Waals surface area contributed by atoms with Crippen LogP contribution in [0, 0.1) is 5.82 Å². The summed E-state index contributed by atoms with van der Waals surface area (Å²) in [5.74, 6) is -1.01. The lowest BCUT2D eigenvalue weighted by atomic mass is 10.1. The maximum atomic E-state index is 12.4. The predicted molar refractivity (Wildman–Crippen MR) is 36.8 cm³/mol. The number of anilines is 1. The Morgan fingerprint density at radius 3 is 2.31 bits per heavy atom. The van der Waals surface area contributed by atoms with Gasteiger partial charge in [-0.25, -0.2) is 4.39 Å². The number of benzene rings is 1. The van der Waals surface area contributed by atoms with Gasteiger partial charge in [-0.05, 0) is 18.2 Å². The lowest BCUT2D eigenvalue weighted by molar-refractivity contribution is -0.137. The van der Waals surface area contributed by atoms with Crippen LogP contribution in [0.2, 0.25) is 0 Å². The number of hydrogen-bond acceptors (Lipinski definition) is 2. The van der Waals surface area contributed by atoms with Gasteiger partial charge in [-0.3, -0.25) is 10.7 Å². The molecule has 0 aliphatic heterocycles. The van der Waals surface area contributed by atoms with Crippen molar-refractivity contribution >= 4 is 5.69 Å². The Hall–Kier alpha value is -1.30. The summed E-state index contributed by atoms with van der Waals surface area (Å²) in [5.41, 5.74) is -0.473. The quantitative estimate of drug-likeness (QED) is 0.533. The van der Waals surface area contributed by atoms with Gasteiger partial charge in [-0.1, -0.05) is 0 Å². The van der Waals surface area contributed by atoms with Crippen molar-refractivity contribution in [3.63, 3.8) is 0 Å². The Kier molecular flexibility index (Phi) is 2.42. The smallest absolute Gasteiger partial charge is 0.291 e. The highest BCUT2D eigenvalue weighted by molar-refractivity contribution is 5.50. The van der Waals surface area contributed by atoms with Crippen LogP contribution in [0.3, 0.4) is 0 Å². The van der Waals surface area contributed by atoms with Gasteiger partial charge < -0.3 is 0 Å². The molecule has 0 aliphatic rings. The largest absolute Gasteiger partial charge is 0.418 e. The maximum absolute atomic E-state index is 12.4. The third kappa shape index (κ3) is 2.09. The van der Waals surface area contributed by atoms with Crippen molar-refractivity contribution in [1.29, 1.82) is 0 Å². The van der Waals surface area contributed by atoms with E-state index in [0.717, 1.165) is 12.1 Å². The highest BCUT2D eigenvalue weighted by atomic mass is 19.4. The van der Waals surface area contributed by atoms with Gasteiger partial charge in [0, 0.05) is 0 Å². The van der Waals surface area contributed by atoms with Gasteiger partial charge in [0.2, 0.25) is 0 Å². The number of hydrogen-bond donors (Lipinski definition) is 2. The molecule has 2 N–H and O–H groups in total. The van der Waals surface area contributed by atoms with Crippen LogP contribution < -0.4 is 5.48 Å². The zero-order valence-electron chi connectivity index (χ0n) is 6.19. The molecule has 72 valence electrons. The first-order chi connectivity index (χ1) is 5.95. The Morgan fingerprint density at radius 1 is 1.23 bits per heavy atom. The van der Waals surface area contributed by atoms with E-state index in [0.29, 0.717) is 6.07 Å². The molecule has 1 aromatic carbocycles. The first-order valence-electron chi connectivity index (χ1n) is 3.22. The van der Waals surface area contributed by atoms with Crippen molar-refractivity contribution in [2.24, 2.45) is 0 Å². The molecule has 1 aromatic rings. The number of halogens is 4. The normalized spacial score (nSPS) is 11.5. The van der Waals surface area contributed by atoms with Crippen molar-refractivity contribution in [3.8, 4) is 0 Å². The van der Waals surface area contributed by atoms with Crippen LogP contribution in [-0.4, -0.2) is 5.21 Å². The van der Waals surface area contributed by atoms with Crippen molar-refractivity contribution < 1.29 is 22.8 Å². The van der Waals surface area contributed by atoms with Gasteiger partial charge in [-0.15, -0.1) is 0 Å². The van der Waals surface area contributed by atoms with Crippen molar-refractivity contribution in [3.05, 3.63) is 29.6 Å². The van der Waals surface area contributed by atoms with Crippen LogP contribution in [0.1, 0.15) is 5.56 Å². The average Bonchev–Trinajstić information content (AvgIpc) is 2.03. The zero-order valence-corrected chi connectivity index (χ0v) is 6.19. The fraction of sp³-hybridized carbons (Fsp3) is 0.143. The van der Waals surface area contributed by atoms with E-state index in [4.69, 9.17) is 5.21 Å². The molecular formula is C7H5F4NO. The van der Waals surface area contributed by atoms with Crippen molar-refractivity contribution in [2.75, 3.05) is 5.48 Å². The Balaban J connectivity index is 3.24. The minimum atomic E-state index is -4.69. The first-order valence-corrected chi connectivity index (χ1v) is 3.22. The second-order valence-electron chi connectivity index (χ2n) is 2.30. The molecule has 0 fully saturated rings. The molecule has 0 saturated heterocycles. The van der Waals surface area contributed by atoms with Crippen LogP contribution in [0.25, 0.3) is 0 Å². The fourth-order valence-electron chi connectivity index (χ4n) is 0.848. The fourth-order valence-corrected chi connectivity index (χ4v) is 0.848. The van der Waals surface area contributed by atoms with Gasteiger partial charge in [-0.2, -0.15) is 13.2 Å². The Morgan fingerprint density at radius 2 is 1.85 bits per heavy atom. The van der Waals surface area contributed by atoms with E-state index in [2.05, 4.69) is 0 Å². The van der Waals surface area contributed by atoms with E-state index in [9.17, 15) is 17.6 Å². The molecule has 6 heteroatoms. The minimum Gasteiger partial charge on any atom is -0.291 e. The molecule has 0 amide bonds. The topological polar surface area (TPSA) is 32.3 Å². The summed E-state index contributed by atoms with van der Waals surface area (Å²) in [6.07, 6.45) is -4.69. The van der Waals surface area contributed by atoms with E-state index in [1.807, 2.05) is 0 Å². The molecule has 0 aliphatic carbocycles.